The third kappa shape index (κ3) is 4.29. The molecule has 1 aromatic heterocycles. The molecule has 0 aliphatic carbocycles. The predicted molar refractivity (Wildman–Crippen MR) is 117 cm³/mol. The number of H-pyrrole nitrogens is 1. The number of nitrogens with zero attached hydrogens (tertiary/aromatic N) is 1. The first kappa shape index (κ1) is 21.0. The molecule has 2 heterocycles. The lowest BCUT2D eigenvalue weighted by Crippen LogP contribution is -2.27. The maximum atomic E-state index is 12.6. The van der Waals surface area contributed by atoms with Gasteiger partial charge >= 0.3 is 0 Å². The lowest BCUT2D eigenvalue weighted by atomic mass is 9.95. The van der Waals surface area contributed by atoms with E-state index in [9.17, 15) is 4.79 Å². The van der Waals surface area contributed by atoms with Crippen molar-refractivity contribution in [1.29, 1.82) is 0 Å². The molecule has 0 radical (unpaired) electrons. The Morgan fingerprint density at radius 2 is 1.77 bits per heavy atom. The summed E-state index contributed by atoms with van der Waals surface area (Å²) in [5.41, 5.74) is 1.43. The van der Waals surface area contributed by atoms with E-state index in [0.717, 1.165) is 17.1 Å². The zero-order chi connectivity index (χ0) is 22.0. The SMILES string of the molecule is COc1cc2nc(CN[C@@H](c3ccc4c(c3)OCCO4)C(C)C)[nH]c(=O)c2cc1OC. The molecular formula is C23H27N3O5. The summed E-state index contributed by atoms with van der Waals surface area (Å²) in [6.07, 6.45) is 0. The molecule has 0 unspecified atom stereocenters. The van der Waals surface area contributed by atoms with Crippen LogP contribution in [-0.4, -0.2) is 37.4 Å². The van der Waals surface area contributed by atoms with Gasteiger partial charge in [0, 0.05) is 12.1 Å². The highest BCUT2D eigenvalue weighted by Gasteiger charge is 2.20. The molecule has 164 valence electrons. The first-order valence-electron chi connectivity index (χ1n) is 10.3. The quantitative estimate of drug-likeness (QED) is 0.600. The van der Waals surface area contributed by atoms with Crippen molar-refractivity contribution in [2.45, 2.75) is 26.4 Å². The normalized spacial score (nSPS) is 14.0. The number of rotatable bonds is 7. The van der Waals surface area contributed by atoms with Gasteiger partial charge in [0.05, 0.1) is 31.7 Å². The van der Waals surface area contributed by atoms with Crippen LogP contribution >= 0.6 is 0 Å². The number of ether oxygens (including phenoxy) is 4. The second-order valence-corrected chi connectivity index (χ2v) is 7.74. The van der Waals surface area contributed by atoms with Crippen LogP contribution in [0, 0.1) is 5.92 Å². The zero-order valence-electron chi connectivity index (χ0n) is 18.2. The number of fused-ring (bicyclic) bond motifs is 2. The summed E-state index contributed by atoms with van der Waals surface area (Å²) in [6.45, 7) is 5.80. The number of aromatic amines is 1. The Bertz CT molecular complexity index is 1140. The van der Waals surface area contributed by atoms with Crippen LogP contribution in [0.3, 0.4) is 0 Å². The molecule has 1 aliphatic heterocycles. The Balaban J connectivity index is 1.59. The van der Waals surface area contributed by atoms with E-state index in [-0.39, 0.29) is 11.6 Å². The second kappa shape index (κ2) is 8.85. The minimum absolute atomic E-state index is 0.0437. The van der Waals surface area contributed by atoms with Crippen LogP contribution in [0.15, 0.2) is 35.1 Å². The van der Waals surface area contributed by atoms with Crippen molar-refractivity contribution in [2.24, 2.45) is 5.92 Å². The van der Waals surface area contributed by atoms with Crippen molar-refractivity contribution in [3.63, 3.8) is 0 Å². The molecule has 0 saturated carbocycles. The molecule has 8 heteroatoms. The molecule has 1 atom stereocenters. The number of aromatic nitrogens is 2. The van der Waals surface area contributed by atoms with E-state index in [0.29, 0.717) is 53.9 Å². The lowest BCUT2D eigenvalue weighted by Gasteiger charge is -2.25. The summed E-state index contributed by atoms with van der Waals surface area (Å²) in [6, 6.07) is 9.40. The molecule has 0 spiro atoms. The van der Waals surface area contributed by atoms with E-state index in [2.05, 4.69) is 29.1 Å². The maximum absolute atomic E-state index is 12.6. The summed E-state index contributed by atoms with van der Waals surface area (Å²) in [4.78, 5) is 20.1. The van der Waals surface area contributed by atoms with E-state index in [1.165, 1.54) is 7.11 Å². The van der Waals surface area contributed by atoms with Crippen molar-refractivity contribution in [2.75, 3.05) is 27.4 Å². The number of hydrogen-bond acceptors (Lipinski definition) is 7. The standard InChI is InChI=1S/C23H27N3O5/c1-13(2)22(14-5-6-17-20(9-14)31-8-7-30-17)24-12-21-25-16-11-19(29-4)18(28-3)10-15(16)23(27)26-21/h5-6,9-11,13,22,24H,7-8,12H2,1-4H3,(H,25,26,27)/t22-/m1/s1. The first-order chi connectivity index (χ1) is 15.0. The summed E-state index contributed by atoms with van der Waals surface area (Å²) in [7, 11) is 3.09. The van der Waals surface area contributed by atoms with E-state index in [1.807, 2.05) is 18.2 Å². The van der Waals surface area contributed by atoms with Crippen molar-refractivity contribution in [3.05, 3.63) is 52.1 Å². The molecule has 4 rings (SSSR count). The number of benzene rings is 2. The van der Waals surface area contributed by atoms with Gasteiger partial charge in [-0.25, -0.2) is 4.98 Å². The zero-order valence-corrected chi connectivity index (χ0v) is 18.2. The van der Waals surface area contributed by atoms with Gasteiger partial charge in [-0.3, -0.25) is 4.79 Å². The Morgan fingerprint density at radius 3 is 2.48 bits per heavy atom. The Kier molecular flexibility index (Phi) is 5.99. The third-order valence-corrected chi connectivity index (χ3v) is 5.34. The topological polar surface area (TPSA) is 94.7 Å². The molecule has 0 bridgehead atoms. The third-order valence-electron chi connectivity index (χ3n) is 5.34. The van der Waals surface area contributed by atoms with Crippen molar-refractivity contribution >= 4 is 10.9 Å². The number of hydrogen-bond donors (Lipinski definition) is 2. The molecule has 0 amide bonds. The smallest absolute Gasteiger partial charge is 0.258 e. The Hall–Kier alpha value is -3.26. The van der Waals surface area contributed by atoms with Gasteiger partial charge in [0.15, 0.2) is 23.0 Å². The Morgan fingerprint density at radius 1 is 1.06 bits per heavy atom. The highest BCUT2D eigenvalue weighted by Crippen LogP contribution is 2.34. The predicted octanol–water partition coefficient (Wildman–Crippen LogP) is 3.20. The van der Waals surface area contributed by atoms with Crippen LogP contribution in [0.1, 0.15) is 31.3 Å². The fraction of sp³-hybridized carbons (Fsp3) is 0.391. The van der Waals surface area contributed by atoms with E-state index >= 15 is 0 Å². The maximum Gasteiger partial charge on any atom is 0.258 e. The van der Waals surface area contributed by atoms with Crippen LogP contribution in [0.5, 0.6) is 23.0 Å². The van der Waals surface area contributed by atoms with Gasteiger partial charge in [-0.05, 0) is 29.7 Å². The van der Waals surface area contributed by atoms with Crippen molar-refractivity contribution in [1.82, 2.24) is 15.3 Å². The van der Waals surface area contributed by atoms with Gasteiger partial charge in [-0.2, -0.15) is 0 Å². The second-order valence-electron chi connectivity index (χ2n) is 7.74. The molecular weight excluding hydrogens is 398 g/mol. The van der Waals surface area contributed by atoms with Gasteiger partial charge in [-0.1, -0.05) is 19.9 Å². The fourth-order valence-corrected chi connectivity index (χ4v) is 3.80. The lowest BCUT2D eigenvalue weighted by molar-refractivity contribution is 0.171. The van der Waals surface area contributed by atoms with Crippen molar-refractivity contribution in [3.8, 4) is 23.0 Å². The Labute approximate surface area is 180 Å². The monoisotopic (exact) mass is 425 g/mol. The van der Waals surface area contributed by atoms with Crippen LogP contribution in [0.4, 0.5) is 0 Å². The molecule has 31 heavy (non-hydrogen) atoms. The van der Waals surface area contributed by atoms with Gasteiger partial charge < -0.3 is 29.2 Å². The van der Waals surface area contributed by atoms with E-state index < -0.39 is 0 Å². The minimum atomic E-state index is -0.219. The molecule has 3 aromatic rings. The first-order valence-corrected chi connectivity index (χ1v) is 10.3. The number of nitrogens with one attached hydrogen (secondary N) is 2. The fourth-order valence-electron chi connectivity index (χ4n) is 3.80. The molecule has 2 aromatic carbocycles. The van der Waals surface area contributed by atoms with E-state index in [4.69, 9.17) is 18.9 Å². The summed E-state index contributed by atoms with van der Waals surface area (Å²) in [5.74, 6) is 3.40. The summed E-state index contributed by atoms with van der Waals surface area (Å²) < 4.78 is 22.0. The van der Waals surface area contributed by atoms with Gasteiger partial charge in [0.2, 0.25) is 0 Å². The molecule has 0 saturated heterocycles. The molecule has 8 nitrogen and oxygen atoms in total. The van der Waals surface area contributed by atoms with Crippen LogP contribution < -0.4 is 29.8 Å². The minimum Gasteiger partial charge on any atom is -0.493 e. The highest BCUT2D eigenvalue weighted by atomic mass is 16.6. The summed E-state index contributed by atoms with van der Waals surface area (Å²) in [5, 5.41) is 3.97. The highest BCUT2D eigenvalue weighted by molar-refractivity contribution is 5.81. The van der Waals surface area contributed by atoms with Gasteiger partial charge in [0.25, 0.3) is 5.56 Å². The van der Waals surface area contributed by atoms with Crippen molar-refractivity contribution < 1.29 is 18.9 Å². The largest absolute Gasteiger partial charge is 0.493 e. The van der Waals surface area contributed by atoms with E-state index in [1.54, 1.807) is 19.2 Å². The average molecular weight is 425 g/mol. The molecule has 2 N–H and O–H groups in total. The van der Waals surface area contributed by atoms with Crippen LogP contribution in [0.25, 0.3) is 10.9 Å². The summed E-state index contributed by atoms with van der Waals surface area (Å²) >= 11 is 0. The van der Waals surface area contributed by atoms with Gasteiger partial charge in [-0.15, -0.1) is 0 Å². The van der Waals surface area contributed by atoms with Crippen LogP contribution in [-0.2, 0) is 6.54 Å². The molecule has 1 aliphatic rings. The van der Waals surface area contributed by atoms with Gasteiger partial charge in [0.1, 0.15) is 19.0 Å². The number of methoxy groups -OCH3 is 2. The average Bonchev–Trinajstić information content (AvgIpc) is 2.78. The van der Waals surface area contributed by atoms with Crippen LogP contribution in [0.2, 0.25) is 0 Å². The molecule has 0 fully saturated rings.